The number of anilines is 1. The van der Waals surface area contributed by atoms with Crippen molar-refractivity contribution in [3.8, 4) is 0 Å². The molecular formula is C18H15BrFNO3. The zero-order chi connectivity index (χ0) is 17.5. The van der Waals surface area contributed by atoms with Gasteiger partial charge in [-0.15, -0.1) is 0 Å². The highest BCUT2D eigenvalue weighted by Gasteiger charge is 2.08. The predicted molar refractivity (Wildman–Crippen MR) is 93.9 cm³/mol. The van der Waals surface area contributed by atoms with E-state index in [1.807, 2.05) is 13.0 Å². The number of esters is 1. The first-order chi connectivity index (χ1) is 11.5. The van der Waals surface area contributed by atoms with E-state index in [1.54, 1.807) is 24.3 Å². The van der Waals surface area contributed by atoms with Crippen molar-refractivity contribution in [2.75, 3.05) is 11.9 Å². The number of carbonyl (C=O) groups is 2. The second kappa shape index (κ2) is 8.40. The molecule has 0 fully saturated rings. The van der Waals surface area contributed by atoms with Crippen LogP contribution in [0.3, 0.4) is 0 Å². The molecule has 124 valence electrons. The summed E-state index contributed by atoms with van der Waals surface area (Å²) in [5.74, 6) is -1.61. The fourth-order valence-corrected chi connectivity index (χ4v) is 2.38. The lowest BCUT2D eigenvalue weighted by atomic mass is 10.2. The van der Waals surface area contributed by atoms with Crippen molar-refractivity contribution >= 4 is 39.6 Å². The third-order valence-corrected chi connectivity index (χ3v) is 3.61. The van der Waals surface area contributed by atoms with E-state index in [9.17, 15) is 14.0 Å². The van der Waals surface area contributed by atoms with Crippen molar-refractivity contribution in [3.63, 3.8) is 0 Å². The smallest absolute Gasteiger partial charge is 0.331 e. The number of halogens is 2. The van der Waals surface area contributed by atoms with Crippen molar-refractivity contribution < 1.29 is 18.7 Å². The molecular weight excluding hydrogens is 377 g/mol. The van der Waals surface area contributed by atoms with Gasteiger partial charge in [-0.25, -0.2) is 9.18 Å². The maximum absolute atomic E-state index is 13.4. The van der Waals surface area contributed by atoms with Crippen molar-refractivity contribution in [2.24, 2.45) is 0 Å². The van der Waals surface area contributed by atoms with E-state index in [0.29, 0.717) is 5.69 Å². The van der Waals surface area contributed by atoms with Crippen molar-refractivity contribution in [2.45, 2.75) is 6.92 Å². The summed E-state index contributed by atoms with van der Waals surface area (Å²) in [5, 5.41) is 2.65. The zero-order valence-electron chi connectivity index (χ0n) is 12.9. The highest BCUT2D eigenvalue weighted by Crippen LogP contribution is 2.19. The number of aryl methyl sites for hydroxylation is 1. The van der Waals surface area contributed by atoms with Gasteiger partial charge in [-0.2, -0.15) is 0 Å². The first-order valence-corrected chi connectivity index (χ1v) is 7.90. The van der Waals surface area contributed by atoms with Crippen LogP contribution in [0.1, 0.15) is 11.1 Å². The van der Waals surface area contributed by atoms with Gasteiger partial charge in [-0.3, -0.25) is 4.79 Å². The molecule has 0 aliphatic rings. The van der Waals surface area contributed by atoms with Crippen LogP contribution in [-0.2, 0) is 14.3 Å². The quantitative estimate of drug-likeness (QED) is 0.616. The number of hydrogen-bond donors (Lipinski definition) is 1. The van der Waals surface area contributed by atoms with Gasteiger partial charge in [0.15, 0.2) is 6.61 Å². The summed E-state index contributed by atoms with van der Waals surface area (Å²) in [7, 11) is 0. The summed E-state index contributed by atoms with van der Waals surface area (Å²) >= 11 is 3.34. The summed E-state index contributed by atoms with van der Waals surface area (Å²) < 4.78 is 19.1. The Balaban J connectivity index is 1.85. The van der Waals surface area contributed by atoms with E-state index in [1.165, 1.54) is 18.2 Å². The van der Waals surface area contributed by atoms with Gasteiger partial charge < -0.3 is 10.1 Å². The molecule has 0 aliphatic heterocycles. The molecule has 0 unspecified atom stereocenters. The van der Waals surface area contributed by atoms with E-state index in [2.05, 4.69) is 21.2 Å². The van der Waals surface area contributed by atoms with E-state index >= 15 is 0 Å². The lowest BCUT2D eigenvalue weighted by Gasteiger charge is -2.08. The number of nitrogens with one attached hydrogen (secondary N) is 1. The first-order valence-electron chi connectivity index (χ1n) is 7.11. The van der Waals surface area contributed by atoms with Crippen molar-refractivity contribution in [1.82, 2.24) is 0 Å². The molecule has 6 heteroatoms. The molecule has 1 N–H and O–H groups in total. The minimum Gasteiger partial charge on any atom is -0.452 e. The van der Waals surface area contributed by atoms with Crippen LogP contribution < -0.4 is 5.32 Å². The topological polar surface area (TPSA) is 55.4 Å². The van der Waals surface area contributed by atoms with E-state index in [0.717, 1.165) is 16.1 Å². The molecule has 0 aliphatic carbocycles. The van der Waals surface area contributed by atoms with Crippen LogP contribution in [0.4, 0.5) is 10.1 Å². The number of ether oxygens (including phenoxy) is 1. The zero-order valence-corrected chi connectivity index (χ0v) is 14.5. The van der Waals surface area contributed by atoms with Gasteiger partial charge >= 0.3 is 5.97 Å². The standard InChI is InChI=1S/C18H15BrFNO3/c1-12-10-14(19)7-8-16(12)21-17(22)11-24-18(23)9-6-13-4-2-3-5-15(13)20/h2-10H,11H2,1H3,(H,21,22)/b9-6+. The molecule has 0 spiro atoms. The van der Waals surface area contributed by atoms with E-state index in [-0.39, 0.29) is 5.56 Å². The largest absolute Gasteiger partial charge is 0.452 e. The Hall–Kier alpha value is -2.47. The summed E-state index contributed by atoms with van der Waals surface area (Å²) in [6.45, 7) is 1.43. The predicted octanol–water partition coefficient (Wildman–Crippen LogP) is 4.09. The van der Waals surface area contributed by atoms with E-state index < -0.39 is 24.3 Å². The summed E-state index contributed by atoms with van der Waals surface area (Å²) in [5.41, 5.74) is 1.79. The first kappa shape index (κ1) is 17.9. The highest BCUT2D eigenvalue weighted by molar-refractivity contribution is 9.10. The average Bonchev–Trinajstić information content (AvgIpc) is 2.55. The van der Waals surface area contributed by atoms with Crippen LogP contribution in [0.25, 0.3) is 6.08 Å². The third-order valence-electron chi connectivity index (χ3n) is 3.11. The van der Waals surface area contributed by atoms with Gasteiger partial charge in [-0.05, 0) is 42.8 Å². The highest BCUT2D eigenvalue weighted by atomic mass is 79.9. The molecule has 2 aromatic rings. The molecule has 0 radical (unpaired) electrons. The van der Waals surface area contributed by atoms with Crippen molar-refractivity contribution in [3.05, 3.63) is 70.0 Å². The van der Waals surface area contributed by atoms with Crippen LogP contribution in [0.5, 0.6) is 0 Å². The lowest BCUT2D eigenvalue weighted by Crippen LogP contribution is -2.20. The van der Waals surface area contributed by atoms with Crippen LogP contribution in [0.2, 0.25) is 0 Å². The minimum atomic E-state index is -0.721. The summed E-state index contributed by atoms with van der Waals surface area (Å²) in [4.78, 5) is 23.4. The van der Waals surface area contributed by atoms with Crippen molar-refractivity contribution in [1.29, 1.82) is 0 Å². The number of benzene rings is 2. The number of carbonyl (C=O) groups excluding carboxylic acids is 2. The summed E-state index contributed by atoms with van der Waals surface area (Å²) in [6.07, 6.45) is 2.38. The lowest BCUT2D eigenvalue weighted by molar-refractivity contribution is -0.142. The monoisotopic (exact) mass is 391 g/mol. The van der Waals surface area contributed by atoms with Gasteiger partial charge in [0.05, 0.1) is 0 Å². The fourth-order valence-electron chi connectivity index (χ4n) is 1.91. The molecule has 0 bridgehead atoms. The van der Waals surface area contributed by atoms with Crippen LogP contribution in [-0.4, -0.2) is 18.5 Å². The Morgan fingerprint density at radius 1 is 1.25 bits per heavy atom. The Kier molecular flexibility index (Phi) is 6.26. The van der Waals surface area contributed by atoms with Gasteiger partial charge in [0, 0.05) is 21.8 Å². The van der Waals surface area contributed by atoms with E-state index in [4.69, 9.17) is 4.74 Å². The molecule has 24 heavy (non-hydrogen) atoms. The maximum Gasteiger partial charge on any atom is 0.331 e. The van der Waals surface area contributed by atoms with Gasteiger partial charge in [-0.1, -0.05) is 34.1 Å². The molecule has 0 saturated heterocycles. The van der Waals surface area contributed by atoms with Crippen LogP contribution >= 0.6 is 15.9 Å². The second-order valence-electron chi connectivity index (χ2n) is 4.97. The van der Waals surface area contributed by atoms with Crippen LogP contribution in [0.15, 0.2) is 53.0 Å². The Morgan fingerprint density at radius 3 is 2.71 bits per heavy atom. The molecule has 0 atom stereocenters. The average molecular weight is 392 g/mol. The summed E-state index contributed by atoms with van der Waals surface area (Å²) in [6, 6.07) is 11.4. The Morgan fingerprint density at radius 2 is 2.00 bits per heavy atom. The number of amides is 1. The number of rotatable bonds is 5. The molecule has 0 aromatic heterocycles. The third kappa shape index (κ3) is 5.31. The number of hydrogen-bond acceptors (Lipinski definition) is 3. The van der Waals surface area contributed by atoms with Crippen LogP contribution in [0, 0.1) is 12.7 Å². The molecule has 0 heterocycles. The normalized spacial score (nSPS) is 10.6. The van der Waals surface area contributed by atoms with Gasteiger partial charge in [0.2, 0.25) is 0 Å². The maximum atomic E-state index is 13.4. The minimum absolute atomic E-state index is 0.268. The molecule has 1 amide bonds. The molecule has 0 saturated carbocycles. The van der Waals surface area contributed by atoms with Gasteiger partial charge in [0.1, 0.15) is 5.82 Å². The second-order valence-corrected chi connectivity index (χ2v) is 5.89. The van der Waals surface area contributed by atoms with Gasteiger partial charge in [0.25, 0.3) is 5.91 Å². The molecule has 2 aromatic carbocycles. The SMILES string of the molecule is Cc1cc(Br)ccc1NC(=O)COC(=O)/C=C/c1ccccc1F. The Bertz CT molecular complexity index is 790. The fraction of sp³-hybridized carbons (Fsp3) is 0.111. The molecule has 4 nitrogen and oxygen atoms in total. The molecule has 2 rings (SSSR count). The Labute approximate surface area is 147 Å².